The number of carbonyl (C=O) groups is 2. The van der Waals surface area contributed by atoms with Crippen molar-refractivity contribution in [3.05, 3.63) is 0 Å². The normalized spacial score (nSPS) is 20.9. The Morgan fingerprint density at radius 2 is 1.70 bits per heavy atom. The van der Waals surface area contributed by atoms with Gasteiger partial charge in [0.25, 0.3) is 0 Å². The van der Waals surface area contributed by atoms with Gasteiger partial charge in [-0.1, -0.05) is 0 Å². The number of halogens is 3. The summed E-state index contributed by atoms with van der Waals surface area (Å²) in [4.78, 5) is 24.8. The fraction of sp³-hybridized carbons (Fsp3) is 0.833. The molecule has 1 rings (SSSR count). The van der Waals surface area contributed by atoms with Gasteiger partial charge in [-0.25, -0.2) is 4.79 Å². The van der Waals surface area contributed by atoms with Crippen LogP contribution in [-0.4, -0.2) is 59.3 Å². The number of hydrogen-bond acceptors (Lipinski definition) is 3. The first-order valence-electron chi connectivity index (χ1n) is 6.23. The highest BCUT2D eigenvalue weighted by Gasteiger charge is 2.48. The van der Waals surface area contributed by atoms with Crippen LogP contribution >= 0.6 is 0 Å². The lowest BCUT2D eigenvalue weighted by molar-refractivity contribution is -0.198. The molecular weight excluding hydrogens is 277 g/mol. The number of carbonyl (C=O) groups excluding carboxylic acids is 2. The van der Waals surface area contributed by atoms with Crippen molar-refractivity contribution in [1.82, 2.24) is 9.80 Å². The minimum atomic E-state index is -4.58. The molecule has 0 spiro atoms. The van der Waals surface area contributed by atoms with Crippen LogP contribution in [0.2, 0.25) is 0 Å². The van der Waals surface area contributed by atoms with E-state index in [9.17, 15) is 22.8 Å². The lowest BCUT2D eigenvalue weighted by Gasteiger charge is -2.41. The van der Waals surface area contributed by atoms with Gasteiger partial charge in [0.2, 0.25) is 5.91 Å². The second kappa shape index (κ2) is 5.49. The Kier molecular flexibility index (Phi) is 4.55. The van der Waals surface area contributed by atoms with Crippen LogP contribution in [0.5, 0.6) is 0 Å². The minimum Gasteiger partial charge on any atom is -0.444 e. The van der Waals surface area contributed by atoms with E-state index in [1.54, 1.807) is 20.8 Å². The van der Waals surface area contributed by atoms with Crippen LogP contribution in [0.4, 0.5) is 18.0 Å². The van der Waals surface area contributed by atoms with E-state index >= 15 is 0 Å². The lowest BCUT2D eigenvalue weighted by Crippen LogP contribution is -2.61. The minimum absolute atomic E-state index is 0.0288. The van der Waals surface area contributed by atoms with Crippen LogP contribution in [0.3, 0.4) is 0 Å². The fourth-order valence-electron chi connectivity index (χ4n) is 1.93. The molecule has 1 fully saturated rings. The van der Waals surface area contributed by atoms with Crippen molar-refractivity contribution >= 4 is 12.0 Å². The Labute approximate surface area is 115 Å². The number of rotatable bonds is 0. The second-order valence-corrected chi connectivity index (χ2v) is 5.70. The zero-order chi connectivity index (χ0) is 15.7. The third kappa shape index (κ3) is 4.28. The summed E-state index contributed by atoms with van der Waals surface area (Å²) in [6.07, 6.45) is -5.37. The van der Waals surface area contributed by atoms with Crippen LogP contribution in [-0.2, 0) is 9.53 Å². The molecule has 1 aliphatic rings. The number of ether oxygens (including phenoxy) is 1. The summed E-state index contributed by atoms with van der Waals surface area (Å²) < 4.78 is 43.9. The Morgan fingerprint density at radius 1 is 1.15 bits per heavy atom. The standard InChI is InChI=1S/C12H19F3N2O3/c1-8(18)17-6-5-16(7-9(17)12(13,14)15)10(19)20-11(2,3)4/h9H,5-7H2,1-4H3. The summed E-state index contributed by atoms with van der Waals surface area (Å²) in [7, 11) is 0. The molecule has 8 heteroatoms. The van der Waals surface area contributed by atoms with Gasteiger partial charge in [0.15, 0.2) is 0 Å². The van der Waals surface area contributed by atoms with Crippen LogP contribution in [0.1, 0.15) is 27.7 Å². The molecule has 1 saturated heterocycles. The van der Waals surface area contributed by atoms with E-state index in [-0.39, 0.29) is 13.1 Å². The molecule has 0 N–H and O–H groups in total. The molecule has 5 nitrogen and oxygen atoms in total. The van der Waals surface area contributed by atoms with Gasteiger partial charge in [0.1, 0.15) is 11.6 Å². The smallest absolute Gasteiger partial charge is 0.410 e. The van der Waals surface area contributed by atoms with Crippen molar-refractivity contribution in [2.75, 3.05) is 19.6 Å². The SMILES string of the molecule is CC(=O)N1CCN(C(=O)OC(C)(C)C)CC1C(F)(F)F. The summed E-state index contributed by atoms with van der Waals surface area (Å²) in [5.74, 6) is -0.656. The summed E-state index contributed by atoms with van der Waals surface area (Å²) in [6.45, 7) is 5.27. The molecule has 1 unspecified atom stereocenters. The van der Waals surface area contributed by atoms with Crippen LogP contribution in [0.25, 0.3) is 0 Å². The quantitative estimate of drug-likeness (QED) is 0.687. The Hall–Kier alpha value is -1.47. The van der Waals surface area contributed by atoms with E-state index in [2.05, 4.69) is 0 Å². The maximum Gasteiger partial charge on any atom is 0.410 e. The highest BCUT2D eigenvalue weighted by atomic mass is 19.4. The van der Waals surface area contributed by atoms with Crippen molar-refractivity contribution in [3.63, 3.8) is 0 Å². The summed E-state index contributed by atoms with van der Waals surface area (Å²) in [6, 6.07) is -1.98. The average molecular weight is 296 g/mol. The zero-order valence-corrected chi connectivity index (χ0v) is 12.0. The summed E-state index contributed by atoms with van der Waals surface area (Å²) in [5.41, 5.74) is -0.775. The van der Waals surface area contributed by atoms with E-state index in [4.69, 9.17) is 4.74 Å². The number of piperazine rings is 1. The molecule has 2 amide bonds. The Bertz CT molecular complexity index is 390. The average Bonchev–Trinajstić information content (AvgIpc) is 2.24. The molecule has 0 saturated carbocycles. The van der Waals surface area contributed by atoms with Gasteiger partial charge in [-0.15, -0.1) is 0 Å². The van der Waals surface area contributed by atoms with Crippen molar-refractivity contribution in [3.8, 4) is 0 Å². The first kappa shape index (κ1) is 16.6. The van der Waals surface area contributed by atoms with Gasteiger partial charge in [0.05, 0.1) is 6.54 Å². The predicted octanol–water partition coefficient (Wildman–Crippen LogP) is 2.02. The van der Waals surface area contributed by atoms with Gasteiger partial charge in [-0.05, 0) is 20.8 Å². The Balaban J connectivity index is 2.82. The highest BCUT2D eigenvalue weighted by molar-refractivity contribution is 5.74. The lowest BCUT2D eigenvalue weighted by atomic mass is 10.1. The predicted molar refractivity (Wildman–Crippen MR) is 65.0 cm³/mol. The molecule has 20 heavy (non-hydrogen) atoms. The molecular formula is C12H19F3N2O3. The first-order valence-corrected chi connectivity index (χ1v) is 6.23. The van der Waals surface area contributed by atoms with E-state index in [1.807, 2.05) is 0 Å². The third-order valence-corrected chi connectivity index (χ3v) is 2.81. The Morgan fingerprint density at radius 3 is 2.10 bits per heavy atom. The topological polar surface area (TPSA) is 49.9 Å². The molecule has 1 heterocycles. The molecule has 0 aromatic rings. The highest BCUT2D eigenvalue weighted by Crippen LogP contribution is 2.28. The first-order chi connectivity index (χ1) is 8.92. The van der Waals surface area contributed by atoms with E-state index in [0.29, 0.717) is 0 Å². The molecule has 1 aliphatic heterocycles. The monoisotopic (exact) mass is 296 g/mol. The van der Waals surface area contributed by atoms with Crippen molar-refractivity contribution in [2.45, 2.75) is 45.5 Å². The summed E-state index contributed by atoms with van der Waals surface area (Å²) in [5, 5.41) is 0. The van der Waals surface area contributed by atoms with Gasteiger partial charge in [-0.3, -0.25) is 4.79 Å². The van der Waals surface area contributed by atoms with Gasteiger partial charge >= 0.3 is 12.3 Å². The van der Waals surface area contributed by atoms with E-state index < -0.39 is 36.4 Å². The van der Waals surface area contributed by atoms with Crippen molar-refractivity contribution < 1.29 is 27.5 Å². The van der Waals surface area contributed by atoms with Crippen LogP contribution in [0, 0.1) is 0 Å². The number of nitrogens with zero attached hydrogens (tertiary/aromatic N) is 2. The van der Waals surface area contributed by atoms with Crippen molar-refractivity contribution in [1.29, 1.82) is 0 Å². The number of amides is 2. The molecule has 0 aromatic carbocycles. The zero-order valence-electron chi connectivity index (χ0n) is 12.0. The molecule has 116 valence electrons. The van der Waals surface area contributed by atoms with Gasteiger partial charge in [-0.2, -0.15) is 13.2 Å². The second-order valence-electron chi connectivity index (χ2n) is 5.70. The fourth-order valence-corrected chi connectivity index (χ4v) is 1.93. The maximum absolute atomic E-state index is 13.0. The van der Waals surface area contributed by atoms with Gasteiger partial charge < -0.3 is 14.5 Å². The third-order valence-electron chi connectivity index (χ3n) is 2.81. The van der Waals surface area contributed by atoms with Crippen LogP contribution in [0.15, 0.2) is 0 Å². The molecule has 0 bridgehead atoms. The maximum atomic E-state index is 13.0. The number of hydrogen-bond donors (Lipinski definition) is 0. The molecule has 0 aliphatic carbocycles. The largest absolute Gasteiger partial charge is 0.444 e. The number of alkyl halides is 3. The summed E-state index contributed by atoms with van der Waals surface area (Å²) >= 11 is 0. The molecule has 1 atom stereocenters. The molecule has 0 radical (unpaired) electrons. The van der Waals surface area contributed by atoms with Crippen LogP contribution < -0.4 is 0 Å². The molecule has 0 aromatic heterocycles. The van der Waals surface area contributed by atoms with E-state index in [1.165, 1.54) is 0 Å². The van der Waals surface area contributed by atoms with Crippen molar-refractivity contribution in [2.24, 2.45) is 0 Å². The van der Waals surface area contributed by atoms with E-state index in [0.717, 1.165) is 16.7 Å². The van der Waals surface area contributed by atoms with Gasteiger partial charge in [0, 0.05) is 20.0 Å².